The molecule has 4 rings (SSSR count). The summed E-state index contributed by atoms with van der Waals surface area (Å²) in [6.45, 7) is 3.53. The predicted octanol–water partition coefficient (Wildman–Crippen LogP) is 8.75. The lowest BCUT2D eigenvalue weighted by Crippen LogP contribution is -2.61. The Morgan fingerprint density at radius 3 is 1.42 bits per heavy atom. The second-order valence-corrected chi connectivity index (χ2v) is 14.6. The van der Waals surface area contributed by atoms with E-state index in [1.165, 1.54) is 0 Å². The Balaban J connectivity index is 1.56. The van der Waals surface area contributed by atoms with Gasteiger partial charge in [-0.15, -0.1) is 0 Å². The standard InChI is InChI=1S/C29H37F15O4/c1-12-13(2)17-5-14(12)4-16(17)8-22(3,25(30,31)32)48-11-47-21-7-15-6-18(21)20(10-24(46,28(39,40)41)29(42,43)44)19(15)9-23(45,26(33,34)35)27(36,37)38/h12-21,45-46H,4-11H2,1-3H3. The number of rotatable bonds is 10. The molecule has 0 aromatic heterocycles. The number of hydrogen-bond donors (Lipinski definition) is 2. The molecule has 4 bridgehead atoms. The Morgan fingerprint density at radius 2 is 1.00 bits per heavy atom. The van der Waals surface area contributed by atoms with Crippen molar-refractivity contribution in [1.29, 1.82) is 0 Å². The molecular weight excluding hydrogens is 697 g/mol. The van der Waals surface area contributed by atoms with E-state index in [1.807, 2.05) is 13.8 Å². The average molecular weight is 735 g/mol. The first-order valence-corrected chi connectivity index (χ1v) is 15.4. The van der Waals surface area contributed by atoms with Crippen LogP contribution in [0.15, 0.2) is 0 Å². The van der Waals surface area contributed by atoms with E-state index in [-0.39, 0.29) is 23.7 Å². The first-order valence-electron chi connectivity index (χ1n) is 15.4. The van der Waals surface area contributed by atoms with Crippen LogP contribution in [-0.2, 0) is 9.47 Å². The number of ether oxygens (including phenoxy) is 2. The summed E-state index contributed by atoms with van der Waals surface area (Å²) in [5, 5.41) is 19.6. The van der Waals surface area contributed by atoms with Gasteiger partial charge in [0.05, 0.1) is 6.10 Å². The molecular formula is C29H37F15O4. The molecule has 0 aliphatic heterocycles. The largest absolute Gasteiger partial charge is 0.426 e. The van der Waals surface area contributed by atoms with Crippen molar-refractivity contribution >= 4 is 0 Å². The zero-order valence-electron chi connectivity index (χ0n) is 25.8. The summed E-state index contributed by atoms with van der Waals surface area (Å²) in [5.41, 5.74) is -13.9. The van der Waals surface area contributed by atoms with Crippen LogP contribution in [0.5, 0.6) is 0 Å². The van der Waals surface area contributed by atoms with Gasteiger partial charge in [0, 0.05) is 0 Å². The summed E-state index contributed by atoms with van der Waals surface area (Å²) in [7, 11) is 0. The van der Waals surface area contributed by atoms with Crippen LogP contribution < -0.4 is 0 Å². The maximum absolute atomic E-state index is 14.3. The zero-order chi connectivity index (χ0) is 36.8. The monoisotopic (exact) mass is 734 g/mol. The molecule has 0 radical (unpaired) electrons. The van der Waals surface area contributed by atoms with Crippen LogP contribution in [0, 0.1) is 53.3 Å². The lowest BCUT2D eigenvalue weighted by Gasteiger charge is -2.44. The lowest BCUT2D eigenvalue weighted by molar-refractivity contribution is -0.381. The molecule has 4 saturated carbocycles. The topological polar surface area (TPSA) is 58.9 Å². The summed E-state index contributed by atoms with van der Waals surface area (Å²) in [5.74, 6) is -7.47. The molecule has 4 fully saturated rings. The van der Waals surface area contributed by atoms with Crippen LogP contribution in [0.1, 0.15) is 65.7 Å². The van der Waals surface area contributed by atoms with Crippen molar-refractivity contribution in [3.8, 4) is 0 Å². The second kappa shape index (κ2) is 12.2. The van der Waals surface area contributed by atoms with Gasteiger partial charge in [0.2, 0.25) is 0 Å². The molecule has 0 heterocycles. The van der Waals surface area contributed by atoms with Crippen LogP contribution in [0.2, 0.25) is 0 Å². The summed E-state index contributed by atoms with van der Waals surface area (Å²) >= 11 is 0. The van der Waals surface area contributed by atoms with Crippen molar-refractivity contribution in [2.75, 3.05) is 6.79 Å². The third-order valence-electron chi connectivity index (χ3n) is 12.2. The normalized spacial score (nSPS) is 36.2. The quantitative estimate of drug-likeness (QED) is 0.174. The Hall–Kier alpha value is -1.21. The second-order valence-electron chi connectivity index (χ2n) is 14.6. The molecule has 282 valence electrons. The van der Waals surface area contributed by atoms with Crippen molar-refractivity contribution in [3.05, 3.63) is 0 Å². The average Bonchev–Trinajstić information content (AvgIpc) is 3.63. The van der Waals surface area contributed by atoms with Gasteiger partial charge < -0.3 is 19.7 Å². The fourth-order valence-electron chi connectivity index (χ4n) is 9.15. The van der Waals surface area contributed by atoms with E-state index < -0.39 is 116 Å². The molecule has 2 N–H and O–H groups in total. The molecule has 0 saturated heterocycles. The fourth-order valence-corrected chi connectivity index (χ4v) is 9.15. The van der Waals surface area contributed by atoms with Gasteiger partial charge in [0.1, 0.15) is 6.79 Å². The van der Waals surface area contributed by atoms with E-state index >= 15 is 0 Å². The molecule has 19 heteroatoms. The highest BCUT2D eigenvalue weighted by Crippen LogP contribution is 2.63. The Morgan fingerprint density at radius 1 is 0.542 bits per heavy atom. The first-order chi connectivity index (χ1) is 21.4. The fraction of sp³-hybridized carbons (Fsp3) is 1.00. The molecule has 0 aromatic rings. The van der Waals surface area contributed by atoms with Gasteiger partial charge in [-0.25, -0.2) is 0 Å². The first kappa shape index (κ1) is 39.6. The maximum atomic E-state index is 14.3. The third kappa shape index (κ3) is 6.63. The number of hydrogen-bond acceptors (Lipinski definition) is 4. The van der Waals surface area contributed by atoms with E-state index in [2.05, 4.69) is 0 Å². The van der Waals surface area contributed by atoms with Crippen LogP contribution >= 0.6 is 0 Å². The van der Waals surface area contributed by atoms with Crippen molar-refractivity contribution in [1.82, 2.24) is 0 Å². The molecule has 0 spiro atoms. The number of halogens is 15. The minimum Gasteiger partial charge on any atom is -0.374 e. The van der Waals surface area contributed by atoms with Gasteiger partial charge in [-0.2, -0.15) is 65.9 Å². The highest BCUT2D eigenvalue weighted by molar-refractivity contribution is 5.09. The van der Waals surface area contributed by atoms with E-state index in [4.69, 9.17) is 9.47 Å². The van der Waals surface area contributed by atoms with Crippen LogP contribution in [0.4, 0.5) is 65.9 Å². The van der Waals surface area contributed by atoms with Gasteiger partial charge in [-0.3, -0.25) is 0 Å². The Bertz CT molecular complexity index is 1120. The molecule has 0 amide bonds. The van der Waals surface area contributed by atoms with E-state index in [9.17, 15) is 76.1 Å². The number of alkyl halides is 15. The van der Waals surface area contributed by atoms with Gasteiger partial charge in [0.15, 0.2) is 5.60 Å². The van der Waals surface area contributed by atoms with Gasteiger partial charge in [-0.1, -0.05) is 13.8 Å². The van der Waals surface area contributed by atoms with E-state index in [0.29, 0.717) is 12.3 Å². The van der Waals surface area contributed by atoms with Crippen molar-refractivity contribution < 1.29 is 85.5 Å². The molecule has 11 unspecified atom stereocenters. The van der Waals surface area contributed by atoms with Crippen LogP contribution in [0.3, 0.4) is 0 Å². The van der Waals surface area contributed by atoms with Crippen molar-refractivity contribution in [2.45, 2.75) is 120 Å². The van der Waals surface area contributed by atoms with Crippen molar-refractivity contribution in [2.24, 2.45) is 53.3 Å². The van der Waals surface area contributed by atoms with Gasteiger partial charge in [-0.05, 0) is 105 Å². The molecule has 4 nitrogen and oxygen atoms in total. The third-order valence-corrected chi connectivity index (χ3v) is 12.2. The minimum absolute atomic E-state index is 0.00694. The van der Waals surface area contributed by atoms with E-state index in [1.54, 1.807) is 0 Å². The Kier molecular flexibility index (Phi) is 10.1. The number of aliphatic hydroxyl groups is 2. The predicted molar refractivity (Wildman–Crippen MR) is 134 cm³/mol. The zero-order valence-corrected chi connectivity index (χ0v) is 25.8. The Labute approximate surface area is 265 Å². The van der Waals surface area contributed by atoms with Crippen LogP contribution in [0.25, 0.3) is 0 Å². The van der Waals surface area contributed by atoms with Gasteiger partial charge >= 0.3 is 30.9 Å². The van der Waals surface area contributed by atoms with Gasteiger partial charge in [0.25, 0.3) is 11.2 Å². The molecule has 0 aromatic carbocycles. The molecule has 4 aliphatic carbocycles. The molecule has 11 atom stereocenters. The lowest BCUT2D eigenvalue weighted by atomic mass is 9.68. The van der Waals surface area contributed by atoms with Crippen molar-refractivity contribution in [3.63, 3.8) is 0 Å². The summed E-state index contributed by atoms with van der Waals surface area (Å²) in [6, 6.07) is 0. The smallest absolute Gasteiger partial charge is 0.374 e. The van der Waals surface area contributed by atoms with Crippen LogP contribution in [-0.4, -0.2) is 70.8 Å². The number of fused-ring (bicyclic) bond motifs is 4. The summed E-state index contributed by atoms with van der Waals surface area (Å²) < 4.78 is 216. The van der Waals surface area contributed by atoms with E-state index in [0.717, 1.165) is 13.3 Å². The SMILES string of the molecule is CC1C2CC(CC(C)(OCOC3CC4CC3C(CC(O)(C(F)(F)F)C(F)(F)F)C4CC(O)(C(F)(F)F)C(F)(F)F)C(F)(F)F)C(C2)C1C. The molecule has 4 aliphatic rings. The maximum Gasteiger partial charge on any atom is 0.426 e. The molecule has 48 heavy (non-hydrogen) atoms. The summed E-state index contributed by atoms with van der Waals surface area (Å²) in [6.07, 6.45) is -37.5. The highest BCUT2D eigenvalue weighted by atomic mass is 19.4. The summed E-state index contributed by atoms with van der Waals surface area (Å²) in [4.78, 5) is 0. The minimum atomic E-state index is -6.48. The highest BCUT2D eigenvalue weighted by Gasteiger charge is 2.75.